The Morgan fingerprint density at radius 3 is 2.53 bits per heavy atom. The van der Waals surface area contributed by atoms with Crippen molar-refractivity contribution in [2.24, 2.45) is 5.92 Å². The van der Waals surface area contributed by atoms with Crippen molar-refractivity contribution in [1.82, 2.24) is 4.90 Å². The van der Waals surface area contributed by atoms with Crippen molar-refractivity contribution in [2.75, 3.05) is 13.6 Å². The van der Waals surface area contributed by atoms with Crippen LogP contribution in [0.15, 0.2) is 24.3 Å². The van der Waals surface area contributed by atoms with Gasteiger partial charge in [-0.1, -0.05) is 12.1 Å². The van der Waals surface area contributed by atoms with Crippen LogP contribution in [0.3, 0.4) is 0 Å². The molecule has 15 heavy (non-hydrogen) atoms. The van der Waals surface area contributed by atoms with Gasteiger partial charge in [-0.15, -0.1) is 0 Å². The van der Waals surface area contributed by atoms with Gasteiger partial charge in [0.15, 0.2) is 0 Å². The molecule has 0 saturated heterocycles. The molecule has 1 aromatic rings. The molecule has 1 rings (SSSR count). The highest BCUT2D eigenvalue weighted by Gasteiger charge is 2.05. The summed E-state index contributed by atoms with van der Waals surface area (Å²) >= 11 is 0. The Hall–Kier alpha value is -1.53. The van der Waals surface area contributed by atoms with Gasteiger partial charge in [0.25, 0.3) is 0 Å². The Bertz CT molecular complexity index is 340. The molecule has 0 saturated carbocycles. The fourth-order valence-corrected chi connectivity index (χ4v) is 1.49. The minimum Gasteiger partial charge on any atom is -0.508 e. The van der Waals surface area contributed by atoms with Gasteiger partial charge >= 0.3 is 0 Å². The monoisotopic (exact) mass is 204 g/mol. The zero-order valence-corrected chi connectivity index (χ0v) is 9.14. The van der Waals surface area contributed by atoms with Crippen LogP contribution in [0.2, 0.25) is 0 Å². The van der Waals surface area contributed by atoms with Gasteiger partial charge in [-0.3, -0.25) is 0 Å². The highest BCUT2D eigenvalue weighted by molar-refractivity contribution is 5.25. The first-order valence-corrected chi connectivity index (χ1v) is 4.98. The van der Waals surface area contributed by atoms with E-state index >= 15 is 0 Å². The lowest BCUT2D eigenvalue weighted by atomic mass is 10.1. The van der Waals surface area contributed by atoms with Gasteiger partial charge in [-0.25, -0.2) is 0 Å². The molecule has 3 heteroatoms. The summed E-state index contributed by atoms with van der Waals surface area (Å²) in [6.45, 7) is 3.47. The van der Waals surface area contributed by atoms with E-state index in [4.69, 9.17) is 10.4 Å². The zero-order chi connectivity index (χ0) is 11.3. The highest BCUT2D eigenvalue weighted by Crippen LogP contribution is 2.11. The molecule has 0 bridgehead atoms. The normalized spacial score (nSPS) is 12.4. The van der Waals surface area contributed by atoms with E-state index in [2.05, 4.69) is 11.0 Å². The van der Waals surface area contributed by atoms with Crippen LogP contribution in [0.5, 0.6) is 5.75 Å². The molecule has 1 unspecified atom stereocenters. The van der Waals surface area contributed by atoms with Gasteiger partial charge in [0.2, 0.25) is 0 Å². The largest absolute Gasteiger partial charge is 0.508 e. The minimum absolute atomic E-state index is 0.0483. The Morgan fingerprint density at radius 1 is 1.40 bits per heavy atom. The lowest BCUT2D eigenvalue weighted by Crippen LogP contribution is -2.23. The number of phenols is 1. The Labute approximate surface area is 90.6 Å². The number of hydrogen-bond acceptors (Lipinski definition) is 3. The first kappa shape index (κ1) is 11.5. The average Bonchev–Trinajstić information content (AvgIpc) is 2.21. The van der Waals surface area contributed by atoms with E-state index in [-0.39, 0.29) is 11.7 Å². The van der Waals surface area contributed by atoms with E-state index in [1.807, 2.05) is 26.1 Å². The van der Waals surface area contributed by atoms with Crippen molar-refractivity contribution < 1.29 is 5.11 Å². The molecule has 0 aliphatic heterocycles. The second-order valence-electron chi connectivity index (χ2n) is 3.89. The van der Waals surface area contributed by atoms with Crippen molar-refractivity contribution in [3.63, 3.8) is 0 Å². The summed E-state index contributed by atoms with van der Waals surface area (Å²) < 4.78 is 0. The van der Waals surface area contributed by atoms with Gasteiger partial charge in [0.1, 0.15) is 5.75 Å². The molecular formula is C12H16N2O. The quantitative estimate of drug-likeness (QED) is 0.815. The lowest BCUT2D eigenvalue weighted by Gasteiger charge is -2.17. The third-order valence-electron chi connectivity index (χ3n) is 2.19. The van der Waals surface area contributed by atoms with Crippen molar-refractivity contribution in [3.8, 4) is 11.8 Å². The maximum atomic E-state index is 9.12. The SMILES string of the molecule is CC(C#N)CN(C)Cc1ccc(O)cc1. The number of nitriles is 1. The predicted molar refractivity (Wildman–Crippen MR) is 59.2 cm³/mol. The summed E-state index contributed by atoms with van der Waals surface area (Å²) in [5, 5.41) is 17.8. The van der Waals surface area contributed by atoms with Crippen LogP contribution in [-0.2, 0) is 6.54 Å². The molecule has 0 aliphatic rings. The predicted octanol–water partition coefficient (Wildman–Crippen LogP) is 1.98. The first-order chi connectivity index (χ1) is 7.11. The molecule has 0 spiro atoms. The van der Waals surface area contributed by atoms with Crippen LogP contribution in [0, 0.1) is 17.2 Å². The molecule has 0 heterocycles. The van der Waals surface area contributed by atoms with Crippen LogP contribution in [-0.4, -0.2) is 23.6 Å². The molecule has 80 valence electrons. The van der Waals surface area contributed by atoms with E-state index in [1.165, 1.54) is 0 Å². The van der Waals surface area contributed by atoms with E-state index in [0.29, 0.717) is 0 Å². The van der Waals surface area contributed by atoms with E-state index < -0.39 is 0 Å². The molecule has 0 radical (unpaired) electrons. The second-order valence-corrected chi connectivity index (χ2v) is 3.89. The zero-order valence-electron chi connectivity index (χ0n) is 9.14. The number of aromatic hydroxyl groups is 1. The third-order valence-corrected chi connectivity index (χ3v) is 2.19. The van der Waals surface area contributed by atoms with Crippen LogP contribution < -0.4 is 0 Å². The average molecular weight is 204 g/mol. The number of phenolic OH excluding ortho intramolecular Hbond substituents is 1. The van der Waals surface area contributed by atoms with Crippen LogP contribution in [0.25, 0.3) is 0 Å². The molecule has 1 aromatic carbocycles. The molecule has 0 aliphatic carbocycles. The summed E-state index contributed by atoms with van der Waals surface area (Å²) in [7, 11) is 1.99. The van der Waals surface area contributed by atoms with Crippen molar-refractivity contribution in [2.45, 2.75) is 13.5 Å². The topological polar surface area (TPSA) is 47.3 Å². The molecule has 1 atom stereocenters. The van der Waals surface area contributed by atoms with E-state index in [9.17, 15) is 0 Å². The third kappa shape index (κ3) is 4.01. The molecular weight excluding hydrogens is 188 g/mol. The highest BCUT2D eigenvalue weighted by atomic mass is 16.3. The summed E-state index contributed by atoms with van der Waals surface area (Å²) in [5.41, 5.74) is 1.14. The van der Waals surface area contributed by atoms with Gasteiger partial charge in [-0.2, -0.15) is 5.26 Å². The fourth-order valence-electron chi connectivity index (χ4n) is 1.49. The smallest absolute Gasteiger partial charge is 0.115 e. The maximum absolute atomic E-state index is 9.12. The fraction of sp³-hybridized carbons (Fsp3) is 0.417. The molecule has 1 N–H and O–H groups in total. The maximum Gasteiger partial charge on any atom is 0.115 e. The summed E-state index contributed by atoms with van der Waals surface area (Å²) in [6, 6.07) is 9.35. The number of rotatable bonds is 4. The second kappa shape index (κ2) is 5.38. The van der Waals surface area contributed by atoms with Crippen molar-refractivity contribution in [3.05, 3.63) is 29.8 Å². The Morgan fingerprint density at radius 2 is 2.00 bits per heavy atom. The van der Waals surface area contributed by atoms with Crippen LogP contribution >= 0.6 is 0 Å². The number of benzene rings is 1. The van der Waals surface area contributed by atoms with Gasteiger partial charge in [0.05, 0.1) is 12.0 Å². The standard InChI is InChI=1S/C12H16N2O/c1-10(7-13)8-14(2)9-11-3-5-12(15)6-4-11/h3-6,10,15H,8-9H2,1-2H3. The Kier molecular flexibility index (Phi) is 4.14. The lowest BCUT2D eigenvalue weighted by molar-refractivity contribution is 0.303. The number of hydrogen-bond donors (Lipinski definition) is 1. The van der Waals surface area contributed by atoms with Crippen LogP contribution in [0.4, 0.5) is 0 Å². The first-order valence-electron chi connectivity index (χ1n) is 4.98. The number of nitrogens with zero attached hydrogens (tertiary/aromatic N) is 2. The summed E-state index contributed by atoms with van der Waals surface area (Å²) in [5.74, 6) is 0.332. The molecule has 0 amide bonds. The van der Waals surface area contributed by atoms with Crippen molar-refractivity contribution >= 4 is 0 Å². The van der Waals surface area contributed by atoms with Gasteiger partial charge in [0, 0.05) is 13.1 Å². The van der Waals surface area contributed by atoms with E-state index in [0.717, 1.165) is 18.7 Å². The molecule has 0 fully saturated rings. The van der Waals surface area contributed by atoms with Crippen molar-refractivity contribution in [1.29, 1.82) is 5.26 Å². The molecule has 3 nitrogen and oxygen atoms in total. The van der Waals surface area contributed by atoms with Gasteiger partial charge < -0.3 is 10.0 Å². The van der Waals surface area contributed by atoms with Crippen LogP contribution in [0.1, 0.15) is 12.5 Å². The summed E-state index contributed by atoms with van der Waals surface area (Å²) in [6.07, 6.45) is 0. The summed E-state index contributed by atoms with van der Waals surface area (Å²) in [4.78, 5) is 2.10. The van der Waals surface area contributed by atoms with Gasteiger partial charge in [-0.05, 0) is 31.7 Å². The van der Waals surface area contributed by atoms with E-state index in [1.54, 1.807) is 12.1 Å². The molecule has 0 aromatic heterocycles. The minimum atomic E-state index is 0.0483. The Balaban J connectivity index is 2.48.